The van der Waals surface area contributed by atoms with Crippen LogP contribution in [0.3, 0.4) is 0 Å². The van der Waals surface area contributed by atoms with Crippen LogP contribution in [-0.4, -0.2) is 31.9 Å². The van der Waals surface area contributed by atoms with Crippen molar-refractivity contribution in [2.45, 2.75) is 25.1 Å². The molecule has 5 heteroatoms. The molecule has 0 heterocycles. The van der Waals surface area contributed by atoms with E-state index in [1.165, 1.54) is 6.92 Å². The summed E-state index contributed by atoms with van der Waals surface area (Å²) in [7, 11) is -3.34. The first-order valence-corrected chi connectivity index (χ1v) is 5.70. The number of amides is 1. The lowest BCUT2D eigenvalue weighted by Crippen LogP contribution is -2.41. The Morgan fingerprint density at radius 2 is 1.92 bits per heavy atom. The van der Waals surface area contributed by atoms with Crippen LogP contribution in [0.2, 0.25) is 0 Å². The fourth-order valence-electron chi connectivity index (χ4n) is 0.567. The van der Waals surface area contributed by atoms with E-state index in [-0.39, 0.29) is 0 Å². The summed E-state index contributed by atoms with van der Waals surface area (Å²) in [5.41, 5.74) is 0. The van der Waals surface area contributed by atoms with E-state index in [9.17, 15) is 13.2 Å². The summed E-state index contributed by atoms with van der Waals surface area (Å²) in [5, 5.41) is 1.33. The van der Waals surface area contributed by atoms with Crippen molar-refractivity contribution in [2.24, 2.45) is 0 Å². The molecule has 0 aromatic rings. The number of hydrogen-bond donors (Lipinski definition) is 1. The van der Waals surface area contributed by atoms with Gasteiger partial charge in [0.1, 0.15) is 5.25 Å². The van der Waals surface area contributed by atoms with Gasteiger partial charge < -0.3 is 5.32 Å². The van der Waals surface area contributed by atoms with Crippen molar-refractivity contribution in [1.82, 2.24) is 5.32 Å². The van der Waals surface area contributed by atoms with Crippen molar-refractivity contribution in [1.29, 1.82) is 0 Å². The van der Waals surface area contributed by atoms with E-state index in [0.717, 1.165) is 6.26 Å². The Bertz CT molecular complexity index is 326. The van der Waals surface area contributed by atoms with Gasteiger partial charge in [-0.15, -0.1) is 6.42 Å². The number of carbonyl (C=O) groups excluding carboxylic acids is 1. The predicted molar refractivity (Wildman–Crippen MR) is 50.7 cm³/mol. The summed E-state index contributed by atoms with van der Waals surface area (Å²) in [6, 6.07) is -0.448. The third-order valence-corrected chi connectivity index (χ3v) is 3.12. The zero-order valence-corrected chi connectivity index (χ0v) is 8.68. The summed E-state index contributed by atoms with van der Waals surface area (Å²) >= 11 is 0. The van der Waals surface area contributed by atoms with Gasteiger partial charge in [0, 0.05) is 6.26 Å². The third-order valence-electron chi connectivity index (χ3n) is 1.62. The van der Waals surface area contributed by atoms with Gasteiger partial charge in [-0.3, -0.25) is 4.79 Å². The SMILES string of the molecule is C#CC(C)NC(=O)C(C)S(C)(=O)=O. The van der Waals surface area contributed by atoms with E-state index in [2.05, 4.69) is 11.2 Å². The summed E-state index contributed by atoms with van der Waals surface area (Å²) in [6.07, 6.45) is 6.03. The van der Waals surface area contributed by atoms with Gasteiger partial charge in [0.2, 0.25) is 5.91 Å². The number of sulfone groups is 1. The monoisotopic (exact) mass is 203 g/mol. The highest BCUT2D eigenvalue weighted by molar-refractivity contribution is 7.92. The molecule has 0 aromatic heterocycles. The molecule has 1 amide bonds. The van der Waals surface area contributed by atoms with Gasteiger partial charge in [0.25, 0.3) is 0 Å². The van der Waals surface area contributed by atoms with Crippen LogP contribution in [0.25, 0.3) is 0 Å². The molecule has 1 N–H and O–H groups in total. The maximum absolute atomic E-state index is 11.2. The highest BCUT2D eigenvalue weighted by Gasteiger charge is 2.23. The Balaban J connectivity index is 4.40. The second kappa shape index (κ2) is 4.28. The third kappa shape index (κ3) is 3.95. The van der Waals surface area contributed by atoms with E-state index in [1.807, 2.05) is 0 Å². The Labute approximate surface area is 78.6 Å². The molecule has 2 atom stereocenters. The largest absolute Gasteiger partial charge is 0.342 e. The standard InChI is InChI=1S/C8H13NO3S/c1-5-6(2)9-8(10)7(3)13(4,11)12/h1,6-7H,2-4H3,(H,9,10). The number of carbonyl (C=O) groups is 1. The van der Waals surface area contributed by atoms with Gasteiger partial charge in [-0.25, -0.2) is 8.42 Å². The minimum Gasteiger partial charge on any atom is -0.342 e. The van der Waals surface area contributed by atoms with Crippen LogP contribution in [0.15, 0.2) is 0 Å². The maximum Gasteiger partial charge on any atom is 0.238 e. The van der Waals surface area contributed by atoms with Crippen molar-refractivity contribution in [2.75, 3.05) is 6.26 Å². The molecule has 0 saturated heterocycles. The van der Waals surface area contributed by atoms with Crippen LogP contribution in [-0.2, 0) is 14.6 Å². The van der Waals surface area contributed by atoms with E-state index in [4.69, 9.17) is 6.42 Å². The lowest BCUT2D eigenvalue weighted by atomic mass is 10.3. The van der Waals surface area contributed by atoms with E-state index >= 15 is 0 Å². The van der Waals surface area contributed by atoms with E-state index < -0.39 is 27.0 Å². The fourth-order valence-corrected chi connectivity index (χ4v) is 1.02. The number of hydrogen-bond acceptors (Lipinski definition) is 3. The van der Waals surface area contributed by atoms with Gasteiger partial charge in [-0.2, -0.15) is 0 Å². The maximum atomic E-state index is 11.2. The molecule has 0 aliphatic heterocycles. The highest BCUT2D eigenvalue weighted by Crippen LogP contribution is 1.97. The molecule has 0 bridgehead atoms. The quantitative estimate of drug-likeness (QED) is 0.632. The molecule has 0 aliphatic carbocycles. The Kier molecular flexibility index (Phi) is 3.95. The van der Waals surface area contributed by atoms with Crippen LogP contribution in [0.1, 0.15) is 13.8 Å². The number of terminal acetylenes is 1. The van der Waals surface area contributed by atoms with Gasteiger partial charge >= 0.3 is 0 Å². The average molecular weight is 203 g/mol. The van der Waals surface area contributed by atoms with Gasteiger partial charge in [0.15, 0.2) is 9.84 Å². The Hall–Kier alpha value is -1.02. The van der Waals surface area contributed by atoms with E-state index in [0.29, 0.717) is 0 Å². The molecule has 0 spiro atoms. The smallest absolute Gasteiger partial charge is 0.238 e. The number of nitrogens with one attached hydrogen (secondary N) is 1. The molecular weight excluding hydrogens is 190 g/mol. The summed E-state index contributed by atoms with van der Waals surface area (Å²) in [4.78, 5) is 11.2. The molecule has 0 saturated carbocycles. The minimum absolute atomic E-state index is 0.448. The Morgan fingerprint density at radius 3 is 2.23 bits per heavy atom. The van der Waals surface area contributed by atoms with Gasteiger partial charge in [-0.05, 0) is 13.8 Å². The highest BCUT2D eigenvalue weighted by atomic mass is 32.2. The number of rotatable bonds is 3. The second-order valence-electron chi connectivity index (χ2n) is 2.87. The van der Waals surface area contributed by atoms with Crippen molar-refractivity contribution in [3.8, 4) is 12.3 Å². The molecule has 74 valence electrons. The molecule has 0 rings (SSSR count). The van der Waals surface area contributed by atoms with Crippen molar-refractivity contribution in [3.05, 3.63) is 0 Å². The lowest BCUT2D eigenvalue weighted by molar-refractivity contribution is -0.120. The zero-order chi connectivity index (χ0) is 10.6. The van der Waals surface area contributed by atoms with Crippen molar-refractivity contribution in [3.63, 3.8) is 0 Å². The normalized spacial score (nSPS) is 15.5. The summed E-state index contributed by atoms with van der Waals surface area (Å²) < 4.78 is 21.9. The first-order valence-electron chi connectivity index (χ1n) is 3.74. The first-order chi connectivity index (χ1) is 5.79. The molecule has 0 aliphatic rings. The predicted octanol–water partition coefficient (Wildman–Crippen LogP) is -0.443. The first kappa shape index (κ1) is 12.0. The summed E-state index contributed by atoms with van der Waals surface area (Å²) in [6.45, 7) is 2.93. The minimum atomic E-state index is -3.34. The van der Waals surface area contributed by atoms with Crippen molar-refractivity contribution >= 4 is 15.7 Å². The molecule has 13 heavy (non-hydrogen) atoms. The molecule has 0 aromatic carbocycles. The molecule has 0 fully saturated rings. The molecule has 2 unspecified atom stereocenters. The Morgan fingerprint density at radius 1 is 1.46 bits per heavy atom. The van der Waals surface area contributed by atoms with Crippen molar-refractivity contribution < 1.29 is 13.2 Å². The van der Waals surface area contributed by atoms with Crippen LogP contribution in [0, 0.1) is 12.3 Å². The molecule has 4 nitrogen and oxygen atoms in total. The average Bonchev–Trinajstić information content (AvgIpc) is 2.01. The second-order valence-corrected chi connectivity index (χ2v) is 5.23. The molecular formula is C8H13NO3S. The lowest BCUT2D eigenvalue weighted by Gasteiger charge is -2.11. The van der Waals surface area contributed by atoms with Crippen LogP contribution in [0.5, 0.6) is 0 Å². The molecule has 0 radical (unpaired) electrons. The van der Waals surface area contributed by atoms with Crippen LogP contribution in [0.4, 0.5) is 0 Å². The van der Waals surface area contributed by atoms with E-state index in [1.54, 1.807) is 6.92 Å². The zero-order valence-electron chi connectivity index (χ0n) is 7.87. The van der Waals surface area contributed by atoms with Crippen LogP contribution >= 0.6 is 0 Å². The summed E-state index contributed by atoms with van der Waals surface area (Å²) in [5.74, 6) is 1.71. The van der Waals surface area contributed by atoms with Gasteiger partial charge in [-0.1, -0.05) is 5.92 Å². The fraction of sp³-hybridized carbons (Fsp3) is 0.625. The van der Waals surface area contributed by atoms with Crippen LogP contribution < -0.4 is 5.32 Å². The topological polar surface area (TPSA) is 63.2 Å². The van der Waals surface area contributed by atoms with Gasteiger partial charge in [0.05, 0.1) is 6.04 Å².